The molecule has 2 amide bonds. The second-order valence-electron chi connectivity index (χ2n) is 6.80. The van der Waals surface area contributed by atoms with Crippen LogP contribution in [0.15, 0.2) is 53.1 Å². The molecule has 0 radical (unpaired) electrons. The van der Waals surface area contributed by atoms with Crippen LogP contribution in [-0.4, -0.2) is 34.2 Å². The maximum Gasteiger partial charge on any atom is 0.228 e. The number of nitrogens with zero attached hydrogens (tertiary/aromatic N) is 2. The van der Waals surface area contributed by atoms with E-state index in [0.29, 0.717) is 19.6 Å². The van der Waals surface area contributed by atoms with Crippen molar-refractivity contribution in [2.75, 3.05) is 6.54 Å². The van der Waals surface area contributed by atoms with Crippen LogP contribution in [-0.2, 0) is 22.7 Å². The van der Waals surface area contributed by atoms with Crippen LogP contribution in [0.1, 0.15) is 31.6 Å². The Hall–Kier alpha value is -2.56. The molecule has 25 heavy (non-hydrogen) atoms. The fraction of sp³-hybridized carbons (Fsp3) is 0.400. The van der Waals surface area contributed by atoms with Crippen molar-refractivity contribution in [1.29, 1.82) is 0 Å². The summed E-state index contributed by atoms with van der Waals surface area (Å²) < 4.78 is 5.31. The molecule has 2 heterocycles. The smallest absolute Gasteiger partial charge is 0.228 e. The SMILES string of the molecule is CC(C)N(Cc1ccccc1)C(=O)C1CC(=O)N(Cc2ccco2)C1. The molecule has 0 aliphatic carbocycles. The van der Waals surface area contributed by atoms with E-state index in [9.17, 15) is 9.59 Å². The van der Waals surface area contributed by atoms with Gasteiger partial charge in [0.2, 0.25) is 11.8 Å². The van der Waals surface area contributed by atoms with Gasteiger partial charge in [-0.15, -0.1) is 0 Å². The highest BCUT2D eigenvalue weighted by atomic mass is 16.3. The van der Waals surface area contributed by atoms with Crippen molar-refractivity contribution in [2.45, 2.75) is 39.4 Å². The monoisotopic (exact) mass is 340 g/mol. The van der Waals surface area contributed by atoms with Gasteiger partial charge in [-0.05, 0) is 31.5 Å². The van der Waals surface area contributed by atoms with Gasteiger partial charge in [0.1, 0.15) is 5.76 Å². The van der Waals surface area contributed by atoms with Gasteiger partial charge in [0.05, 0.1) is 18.7 Å². The Morgan fingerprint density at radius 3 is 2.64 bits per heavy atom. The lowest BCUT2D eigenvalue weighted by molar-refractivity contribution is -0.138. The number of amides is 2. The Morgan fingerprint density at radius 1 is 1.24 bits per heavy atom. The highest BCUT2D eigenvalue weighted by molar-refractivity contribution is 5.89. The van der Waals surface area contributed by atoms with Crippen LogP contribution in [0.25, 0.3) is 0 Å². The summed E-state index contributed by atoms with van der Waals surface area (Å²) in [6.07, 6.45) is 1.87. The first-order valence-electron chi connectivity index (χ1n) is 8.69. The van der Waals surface area contributed by atoms with Gasteiger partial charge >= 0.3 is 0 Å². The number of carbonyl (C=O) groups excluding carboxylic acids is 2. The topological polar surface area (TPSA) is 53.8 Å². The molecule has 132 valence electrons. The van der Waals surface area contributed by atoms with Gasteiger partial charge in [-0.25, -0.2) is 0 Å². The summed E-state index contributed by atoms with van der Waals surface area (Å²) in [6.45, 7) is 5.48. The third-order valence-corrected chi connectivity index (χ3v) is 4.59. The zero-order chi connectivity index (χ0) is 17.8. The Kier molecular flexibility index (Phi) is 5.22. The van der Waals surface area contributed by atoms with E-state index in [1.165, 1.54) is 0 Å². The van der Waals surface area contributed by atoms with E-state index < -0.39 is 0 Å². The molecular formula is C20H24N2O3. The van der Waals surface area contributed by atoms with Gasteiger partial charge in [-0.3, -0.25) is 9.59 Å². The zero-order valence-electron chi connectivity index (χ0n) is 14.7. The Morgan fingerprint density at radius 2 is 2.00 bits per heavy atom. The van der Waals surface area contributed by atoms with Gasteiger partial charge in [0.25, 0.3) is 0 Å². The summed E-state index contributed by atoms with van der Waals surface area (Å²) in [4.78, 5) is 28.9. The highest BCUT2D eigenvalue weighted by Gasteiger charge is 2.37. The molecule has 1 fully saturated rings. The molecule has 5 heteroatoms. The number of carbonyl (C=O) groups is 2. The molecule has 0 spiro atoms. The molecule has 1 aromatic carbocycles. The molecule has 1 atom stereocenters. The van der Waals surface area contributed by atoms with Crippen LogP contribution < -0.4 is 0 Å². The average Bonchev–Trinajstić information content (AvgIpc) is 3.23. The summed E-state index contributed by atoms with van der Waals surface area (Å²) in [5.74, 6) is 0.521. The van der Waals surface area contributed by atoms with Crippen LogP contribution in [0.2, 0.25) is 0 Å². The van der Waals surface area contributed by atoms with Gasteiger partial charge in [0.15, 0.2) is 0 Å². The van der Waals surface area contributed by atoms with Gasteiger partial charge in [-0.1, -0.05) is 30.3 Å². The summed E-state index contributed by atoms with van der Waals surface area (Å²) in [5, 5.41) is 0. The molecule has 1 aromatic heterocycles. The molecule has 1 aliphatic rings. The molecule has 5 nitrogen and oxygen atoms in total. The molecule has 0 bridgehead atoms. The molecule has 2 aromatic rings. The maximum absolute atomic E-state index is 13.0. The fourth-order valence-corrected chi connectivity index (χ4v) is 3.21. The fourth-order valence-electron chi connectivity index (χ4n) is 3.21. The van der Waals surface area contributed by atoms with Crippen LogP contribution in [0.5, 0.6) is 0 Å². The molecule has 0 N–H and O–H groups in total. The first-order chi connectivity index (χ1) is 12.0. The largest absolute Gasteiger partial charge is 0.467 e. The highest BCUT2D eigenvalue weighted by Crippen LogP contribution is 2.24. The summed E-state index contributed by atoms with van der Waals surface area (Å²) >= 11 is 0. The minimum Gasteiger partial charge on any atom is -0.467 e. The third kappa shape index (κ3) is 4.10. The molecule has 0 saturated carbocycles. The number of furan rings is 1. The van der Waals surface area contributed by atoms with Crippen LogP contribution in [0.4, 0.5) is 0 Å². The summed E-state index contributed by atoms with van der Waals surface area (Å²) in [7, 11) is 0. The third-order valence-electron chi connectivity index (χ3n) is 4.59. The van der Waals surface area contributed by atoms with E-state index in [4.69, 9.17) is 4.42 Å². The number of hydrogen-bond acceptors (Lipinski definition) is 3. The van der Waals surface area contributed by atoms with Crippen molar-refractivity contribution in [1.82, 2.24) is 9.80 Å². The zero-order valence-corrected chi connectivity index (χ0v) is 14.7. The van der Waals surface area contributed by atoms with Crippen molar-refractivity contribution >= 4 is 11.8 Å². The first kappa shape index (κ1) is 17.3. The van der Waals surface area contributed by atoms with Gasteiger partial charge in [0, 0.05) is 25.6 Å². The quantitative estimate of drug-likeness (QED) is 0.812. The lowest BCUT2D eigenvalue weighted by atomic mass is 10.1. The number of likely N-dealkylation sites (tertiary alicyclic amines) is 1. The van der Waals surface area contributed by atoms with Crippen molar-refractivity contribution in [3.63, 3.8) is 0 Å². The predicted molar refractivity (Wildman–Crippen MR) is 94.4 cm³/mol. The molecule has 1 unspecified atom stereocenters. The Bertz CT molecular complexity index is 710. The van der Waals surface area contributed by atoms with E-state index >= 15 is 0 Å². The van der Waals surface area contributed by atoms with E-state index in [0.717, 1.165) is 11.3 Å². The number of benzene rings is 1. The van der Waals surface area contributed by atoms with Gasteiger partial charge < -0.3 is 14.2 Å². The van der Waals surface area contributed by atoms with E-state index in [1.54, 1.807) is 17.2 Å². The van der Waals surface area contributed by atoms with Crippen molar-refractivity contribution < 1.29 is 14.0 Å². The Balaban J connectivity index is 1.67. The van der Waals surface area contributed by atoms with Crippen molar-refractivity contribution in [3.05, 3.63) is 60.1 Å². The number of hydrogen-bond donors (Lipinski definition) is 0. The summed E-state index contributed by atoms with van der Waals surface area (Å²) in [5.41, 5.74) is 1.10. The van der Waals surface area contributed by atoms with Crippen LogP contribution in [0, 0.1) is 5.92 Å². The average molecular weight is 340 g/mol. The van der Waals surface area contributed by atoms with Gasteiger partial charge in [-0.2, -0.15) is 0 Å². The minimum absolute atomic E-state index is 0.0122. The number of rotatable bonds is 6. The summed E-state index contributed by atoms with van der Waals surface area (Å²) in [6, 6.07) is 13.7. The normalized spacial score (nSPS) is 17.3. The van der Waals surface area contributed by atoms with E-state index in [-0.39, 0.29) is 30.2 Å². The minimum atomic E-state index is -0.284. The van der Waals surface area contributed by atoms with E-state index in [1.807, 2.05) is 55.1 Å². The predicted octanol–water partition coefficient (Wildman–Crippen LogP) is 3.07. The second kappa shape index (κ2) is 7.55. The molecule has 1 saturated heterocycles. The van der Waals surface area contributed by atoms with Crippen molar-refractivity contribution in [2.24, 2.45) is 5.92 Å². The molecule has 1 aliphatic heterocycles. The van der Waals surface area contributed by atoms with Crippen LogP contribution >= 0.6 is 0 Å². The second-order valence-corrected chi connectivity index (χ2v) is 6.80. The molecule has 3 rings (SSSR count). The van der Waals surface area contributed by atoms with E-state index in [2.05, 4.69) is 0 Å². The van der Waals surface area contributed by atoms with Crippen LogP contribution in [0.3, 0.4) is 0 Å². The Labute approximate surface area is 148 Å². The first-order valence-corrected chi connectivity index (χ1v) is 8.69. The lowest BCUT2D eigenvalue weighted by Gasteiger charge is -2.29. The maximum atomic E-state index is 13.0. The standard InChI is InChI=1S/C20H24N2O3/c1-15(2)22(12-16-7-4-3-5-8-16)20(24)17-11-19(23)21(13-17)14-18-9-6-10-25-18/h3-10,15,17H,11-14H2,1-2H3. The molecular weight excluding hydrogens is 316 g/mol. The lowest BCUT2D eigenvalue weighted by Crippen LogP contribution is -2.41. The van der Waals surface area contributed by atoms with Crippen molar-refractivity contribution in [3.8, 4) is 0 Å².